The fraction of sp³-hybridized carbons (Fsp3) is 0.357. The summed E-state index contributed by atoms with van der Waals surface area (Å²) in [6, 6.07) is 13.5. The van der Waals surface area contributed by atoms with Crippen molar-refractivity contribution < 1.29 is 22.6 Å². The normalized spacial score (nSPS) is 18.2. The number of unbranched alkanes of at least 4 members (excludes halogenated alkanes) is 1. The van der Waals surface area contributed by atoms with Gasteiger partial charge in [-0.25, -0.2) is 13.2 Å². The highest BCUT2D eigenvalue weighted by Crippen LogP contribution is 2.24. The quantitative estimate of drug-likeness (QED) is 0.304. The van der Waals surface area contributed by atoms with Crippen LogP contribution >= 0.6 is 0 Å². The van der Waals surface area contributed by atoms with Crippen LogP contribution in [-0.4, -0.2) is 19.5 Å². The van der Waals surface area contributed by atoms with Gasteiger partial charge in [-0.1, -0.05) is 49.8 Å². The zero-order valence-electron chi connectivity index (χ0n) is 18.7. The van der Waals surface area contributed by atoms with E-state index in [0.717, 1.165) is 44.1 Å². The third kappa shape index (κ3) is 5.96. The Bertz CT molecular complexity index is 1150. The second-order valence-corrected chi connectivity index (χ2v) is 8.51. The Balaban J connectivity index is 1.33. The lowest BCUT2D eigenvalue weighted by Gasteiger charge is -2.29. The van der Waals surface area contributed by atoms with Gasteiger partial charge in [-0.05, 0) is 54.1 Å². The molecule has 0 atom stereocenters. The fourth-order valence-electron chi connectivity index (χ4n) is 3.98. The number of fused-ring (bicyclic) bond motifs is 1. The number of halogens is 3. The largest absolute Gasteiger partial charge is 0.352 e. The standard InChI is InChI=1S/C28H27F3O2/c1-2-3-4-22-17-32-26(33-18-22)14-12-20-7-5-19(6-8-20)9-10-21-11-13-24-23(15-21)16-25(29)28(31)27(24)30/h5-8,11,13,15-16,22,26H,2-4,12,14,17-18H2,1H3. The van der Waals surface area contributed by atoms with Crippen LogP contribution in [0, 0.1) is 35.2 Å². The number of rotatable bonds is 6. The van der Waals surface area contributed by atoms with E-state index in [1.54, 1.807) is 12.1 Å². The van der Waals surface area contributed by atoms with Crippen molar-refractivity contribution in [1.29, 1.82) is 0 Å². The molecule has 172 valence electrons. The topological polar surface area (TPSA) is 18.5 Å². The van der Waals surface area contributed by atoms with Gasteiger partial charge in [-0.2, -0.15) is 0 Å². The summed E-state index contributed by atoms with van der Waals surface area (Å²) >= 11 is 0. The molecule has 2 nitrogen and oxygen atoms in total. The van der Waals surface area contributed by atoms with Crippen LogP contribution < -0.4 is 0 Å². The molecule has 0 aliphatic carbocycles. The van der Waals surface area contributed by atoms with Crippen LogP contribution in [-0.2, 0) is 15.9 Å². The average molecular weight is 453 g/mol. The van der Waals surface area contributed by atoms with E-state index in [1.807, 2.05) is 24.3 Å². The molecule has 5 heteroatoms. The molecular weight excluding hydrogens is 425 g/mol. The van der Waals surface area contributed by atoms with Gasteiger partial charge in [0.15, 0.2) is 23.7 Å². The van der Waals surface area contributed by atoms with Crippen molar-refractivity contribution in [3.8, 4) is 11.8 Å². The Morgan fingerprint density at radius 2 is 1.55 bits per heavy atom. The van der Waals surface area contributed by atoms with Gasteiger partial charge in [0.1, 0.15) is 0 Å². The Labute approximate surface area is 192 Å². The van der Waals surface area contributed by atoms with Crippen molar-refractivity contribution in [2.75, 3.05) is 13.2 Å². The van der Waals surface area contributed by atoms with Crippen molar-refractivity contribution >= 4 is 10.8 Å². The van der Waals surface area contributed by atoms with Crippen molar-refractivity contribution in [3.05, 3.63) is 82.7 Å². The molecule has 0 saturated carbocycles. The van der Waals surface area contributed by atoms with Crippen LogP contribution in [0.25, 0.3) is 10.8 Å². The summed E-state index contributed by atoms with van der Waals surface area (Å²) in [5.74, 6) is 2.73. The molecule has 0 radical (unpaired) electrons. The van der Waals surface area contributed by atoms with Crippen LogP contribution in [0.1, 0.15) is 49.3 Å². The predicted molar refractivity (Wildman–Crippen MR) is 123 cm³/mol. The Hall–Kier alpha value is -2.81. The van der Waals surface area contributed by atoms with E-state index < -0.39 is 17.5 Å². The molecule has 1 saturated heterocycles. The summed E-state index contributed by atoms with van der Waals surface area (Å²) in [5, 5.41) is 0.309. The minimum absolute atomic E-state index is 0.0335. The summed E-state index contributed by atoms with van der Waals surface area (Å²) in [7, 11) is 0. The summed E-state index contributed by atoms with van der Waals surface area (Å²) in [4.78, 5) is 0. The molecule has 33 heavy (non-hydrogen) atoms. The molecular formula is C28H27F3O2. The Morgan fingerprint density at radius 1 is 0.848 bits per heavy atom. The van der Waals surface area contributed by atoms with E-state index in [0.29, 0.717) is 11.5 Å². The third-order valence-corrected chi connectivity index (χ3v) is 5.95. The molecule has 0 aromatic heterocycles. The fourth-order valence-corrected chi connectivity index (χ4v) is 3.98. The van der Waals surface area contributed by atoms with Gasteiger partial charge >= 0.3 is 0 Å². The number of ether oxygens (including phenoxy) is 2. The molecule has 0 spiro atoms. The highest BCUT2D eigenvalue weighted by Gasteiger charge is 2.21. The van der Waals surface area contributed by atoms with E-state index in [1.165, 1.54) is 24.5 Å². The maximum absolute atomic E-state index is 13.9. The van der Waals surface area contributed by atoms with E-state index in [4.69, 9.17) is 9.47 Å². The Kier molecular flexibility index (Phi) is 7.69. The Morgan fingerprint density at radius 3 is 2.27 bits per heavy atom. The third-order valence-electron chi connectivity index (χ3n) is 5.95. The van der Waals surface area contributed by atoms with Crippen molar-refractivity contribution in [2.24, 2.45) is 5.92 Å². The van der Waals surface area contributed by atoms with E-state index >= 15 is 0 Å². The van der Waals surface area contributed by atoms with Crippen LogP contribution in [0.4, 0.5) is 13.2 Å². The first kappa shape index (κ1) is 23.4. The maximum Gasteiger partial charge on any atom is 0.195 e. The maximum atomic E-state index is 13.9. The first-order chi connectivity index (χ1) is 16.0. The van der Waals surface area contributed by atoms with E-state index in [-0.39, 0.29) is 17.1 Å². The lowest BCUT2D eigenvalue weighted by molar-refractivity contribution is -0.203. The summed E-state index contributed by atoms with van der Waals surface area (Å²) < 4.78 is 52.5. The van der Waals surface area contributed by atoms with Crippen LogP contribution in [0.5, 0.6) is 0 Å². The molecule has 3 aromatic carbocycles. The van der Waals surface area contributed by atoms with Gasteiger partial charge < -0.3 is 9.47 Å². The van der Waals surface area contributed by atoms with Crippen LogP contribution in [0.15, 0.2) is 48.5 Å². The molecule has 4 rings (SSSR count). The second-order valence-electron chi connectivity index (χ2n) is 8.51. The molecule has 0 N–H and O–H groups in total. The SMILES string of the molecule is CCCCC1COC(CCc2ccc(C#Cc3ccc4c(F)c(F)c(F)cc4c3)cc2)OC1. The zero-order chi connectivity index (χ0) is 23.2. The van der Waals surface area contributed by atoms with Gasteiger partial charge in [-0.3, -0.25) is 0 Å². The lowest BCUT2D eigenvalue weighted by atomic mass is 10.0. The van der Waals surface area contributed by atoms with E-state index in [2.05, 4.69) is 18.8 Å². The molecule has 1 aliphatic rings. The minimum atomic E-state index is -1.46. The van der Waals surface area contributed by atoms with Crippen molar-refractivity contribution in [2.45, 2.75) is 45.3 Å². The molecule has 1 heterocycles. The number of hydrogen-bond donors (Lipinski definition) is 0. The number of hydrogen-bond acceptors (Lipinski definition) is 2. The van der Waals surface area contributed by atoms with Gasteiger partial charge in [0.25, 0.3) is 0 Å². The number of benzene rings is 3. The van der Waals surface area contributed by atoms with Crippen molar-refractivity contribution in [3.63, 3.8) is 0 Å². The van der Waals surface area contributed by atoms with Gasteiger partial charge in [0, 0.05) is 28.9 Å². The smallest absolute Gasteiger partial charge is 0.195 e. The highest BCUT2D eigenvalue weighted by atomic mass is 19.2. The number of aryl methyl sites for hydroxylation is 1. The summed E-state index contributed by atoms with van der Waals surface area (Å²) in [6.45, 7) is 3.76. The molecule has 0 amide bonds. The lowest BCUT2D eigenvalue weighted by Crippen LogP contribution is -2.32. The molecule has 1 fully saturated rings. The first-order valence-electron chi connectivity index (χ1n) is 11.4. The van der Waals surface area contributed by atoms with Gasteiger partial charge in [0.2, 0.25) is 0 Å². The second kappa shape index (κ2) is 10.9. The predicted octanol–water partition coefficient (Wildman–Crippen LogP) is 6.77. The van der Waals surface area contributed by atoms with Crippen LogP contribution in [0.2, 0.25) is 0 Å². The van der Waals surface area contributed by atoms with E-state index in [9.17, 15) is 13.2 Å². The summed E-state index contributed by atoms with van der Waals surface area (Å²) in [6.07, 6.45) is 5.11. The minimum Gasteiger partial charge on any atom is -0.352 e. The van der Waals surface area contributed by atoms with Gasteiger partial charge in [-0.15, -0.1) is 0 Å². The highest BCUT2D eigenvalue weighted by molar-refractivity contribution is 5.84. The zero-order valence-corrected chi connectivity index (χ0v) is 18.7. The average Bonchev–Trinajstić information content (AvgIpc) is 2.84. The first-order valence-corrected chi connectivity index (χ1v) is 11.4. The van der Waals surface area contributed by atoms with Crippen LogP contribution in [0.3, 0.4) is 0 Å². The molecule has 0 bridgehead atoms. The molecule has 0 unspecified atom stereocenters. The molecule has 3 aromatic rings. The van der Waals surface area contributed by atoms with Crippen molar-refractivity contribution in [1.82, 2.24) is 0 Å². The summed E-state index contributed by atoms with van der Waals surface area (Å²) in [5.41, 5.74) is 2.61. The molecule has 1 aliphatic heterocycles. The van der Waals surface area contributed by atoms with Gasteiger partial charge in [0.05, 0.1) is 13.2 Å². The monoisotopic (exact) mass is 452 g/mol.